The summed E-state index contributed by atoms with van der Waals surface area (Å²) in [5, 5.41) is 6.19. The Morgan fingerprint density at radius 2 is 2.08 bits per heavy atom. The normalized spacial score (nSPS) is 30.7. The number of hydrogen-bond acceptors (Lipinski definition) is 2. The van der Waals surface area contributed by atoms with Gasteiger partial charge in [0.25, 0.3) is 0 Å². The molecule has 1 unspecified atom stereocenters. The monoisotopic (exact) mass is 183 g/mol. The van der Waals surface area contributed by atoms with Gasteiger partial charge in [-0.1, -0.05) is 0 Å². The van der Waals surface area contributed by atoms with Crippen molar-refractivity contribution in [1.82, 2.24) is 15.5 Å². The minimum absolute atomic E-state index is 0.124. The summed E-state index contributed by atoms with van der Waals surface area (Å²) in [6, 6.07) is 0.953. The smallest absolute Gasteiger partial charge is 0.318 e. The van der Waals surface area contributed by atoms with Crippen LogP contribution in [0.2, 0.25) is 0 Å². The van der Waals surface area contributed by atoms with Crippen LogP contribution < -0.4 is 10.6 Å². The van der Waals surface area contributed by atoms with E-state index >= 15 is 0 Å². The van der Waals surface area contributed by atoms with Gasteiger partial charge < -0.3 is 15.5 Å². The molecule has 0 bridgehead atoms. The van der Waals surface area contributed by atoms with Crippen LogP contribution in [0.15, 0.2) is 0 Å². The molecule has 1 atom stereocenters. The highest BCUT2D eigenvalue weighted by Gasteiger charge is 2.33. The van der Waals surface area contributed by atoms with Gasteiger partial charge in [0, 0.05) is 18.6 Å². The van der Waals surface area contributed by atoms with Crippen molar-refractivity contribution in [3.05, 3.63) is 0 Å². The highest BCUT2D eigenvalue weighted by Crippen LogP contribution is 2.18. The number of urea groups is 1. The molecule has 2 rings (SSSR count). The van der Waals surface area contributed by atoms with E-state index in [2.05, 4.69) is 17.6 Å². The van der Waals surface area contributed by atoms with E-state index in [4.69, 9.17) is 0 Å². The molecule has 74 valence electrons. The van der Waals surface area contributed by atoms with Crippen LogP contribution in [0.1, 0.15) is 19.8 Å². The van der Waals surface area contributed by atoms with Gasteiger partial charge in [0.1, 0.15) is 0 Å². The van der Waals surface area contributed by atoms with Crippen molar-refractivity contribution < 1.29 is 4.79 Å². The zero-order valence-corrected chi connectivity index (χ0v) is 8.05. The third kappa shape index (κ3) is 1.63. The molecule has 2 saturated heterocycles. The summed E-state index contributed by atoms with van der Waals surface area (Å²) in [7, 11) is 0. The average Bonchev–Trinajstić information content (AvgIpc) is 2.48. The van der Waals surface area contributed by atoms with Crippen LogP contribution in [0.25, 0.3) is 0 Å². The van der Waals surface area contributed by atoms with Gasteiger partial charge in [-0.15, -0.1) is 0 Å². The molecule has 0 spiro atoms. The maximum absolute atomic E-state index is 11.5. The third-order valence-corrected chi connectivity index (χ3v) is 2.96. The van der Waals surface area contributed by atoms with Crippen LogP contribution in [0.3, 0.4) is 0 Å². The molecule has 0 aromatic carbocycles. The number of carbonyl (C=O) groups is 1. The first-order valence-corrected chi connectivity index (χ1v) is 5.06. The molecule has 2 aliphatic rings. The van der Waals surface area contributed by atoms with E-state index < -0.39 is 0 Å². The molecule has 2 N–H and O–H groups in total. The van der Waals surface area contributed by atoms with Crippen molar-refractivity contribution in [2.75, 3.05) is 19.6 Å². The number of rotatable bonds is 1. The van der Waals surface area contributed by atoms with E-state index in [1.807, 2.05) is 4.90 Å². The topological polar surface area (TPSA) is 44.4 Å². The summed E-state index contributed by atoms with van der Waals surface area (Å²) in [4.78, 5) is 13.5. The van der Waals surface area contributed by atoms with Crippen LogP contribution in [0.5, 0.6) is 0 Å². The van der Waals surface area contributed by atoms with Gasteiger partial charge in [-0.2, -0.15) is 0 Å². The van der Waals surface area contributed by atoms with E-state index in [0.29, 0.717) is 12.1 Å². The summed E-state index contributed by atoms with van der Waals surface area (Å²) in [5.41, 5.74) is 0. The lowest BCUT2D eigenvalue weighted by Gasteiger charge is -2.33. The Hall–Kier alpha value is -0.770. The Balaban J connectivity index is 2.00. The molecule has 0 aromatic heterocycles. The highest BCUT2D eigenvalue weighted by molar-refractivity contribution is 5.77. The number of carbonyl (C=O) groups excluding carboxylic acids is 1. The Bertz CT molecular complexity index is 201. The van der Waals surface area contributed by atoms with E-state index in [1.54, 1.807) is 0 Å². The maximum Gasteiger partial charge on any atom is 0.318 e. The lowest BCUT2D eigenvalue weighted by Crippen LogP contribution is -2.47. The van der Waals surface area contributed by atoms with Crippen molar-refractivity contribution in [2.24, 2.45) is 0 Å². The predicted octanol–water partition coefficient (Wildman–Crippen LogP) is 0.152. The van der Waals surface area contributed by atoms with Crippen LogP contribution in [-0.2, 0) is 0 Å². The first-order valence-electron chi connectivity index (χ1n) is 5.06. The zero-order chi connectivity index (χ0) is 9.26. The third-order valence-electron chi connectivity index (χ3n) is 2.96. The van der Waals surface area contributed by atoms with E-state index in [9.17, 15) is 4.79 Å². The molecule has 0 saturated carbocycles. The Labute approximate surface area is 78.7 Å². The predicted molar refractivity (Wildman–Crippen MR) is 50.6 cm³/mol. The Morgan fingerprint density at radius 1 is 1.38 bits per heavy atom. The van der Waals surface area contributed by atoms with Gasteiger partial charge in [0.2, 0.25) is 0 Å². The molecule has 2 heterocycles. The SMILES string of the molecule is CC1CNC(=O)N1C1CCNCC1. The summed E-state index contributed by atoms with van der Waals surface area (Å²) in [6.45, 7) is 5.00. The van der Waals surface area contributed by atoms with E-state index in [-0.39, 0.29) is 6.03 Å². The average molecular weight is 183 g/mol. The van der Waals surface area contributed by atoms with Crippen molar-refractivity contribution in [3.8, 4) is 0 Å². The van der Waals surface area contributed by atoms with Gasteiger partial charge in [0.15, 0.2) is 0 Å². The first-order chi connectivity index (χ1) is 6.29. The molecule has 0 aromatic rings. The fourth-order valence-electron chi connectivity index (χ4n) is 2.24. The minimum atomic E-state index is 0.124. The molecule has 0 aliphatic carbocycles. The van der Waals surface area contributed by atoms with Gasteiger partial charge >= 0.3 is 6.03 Å². The second-order valence-electron chi connectivity index (χ2n) is 3.92. The van der Waals surface area contributed by atoms with Crippen LogP contribution in [0, 0.1) is 0 Å². The molecular weight excluding hydrogens is 166 g/mol. The standard InChI is InChI=1S/C9H17N3O/c1-7-6-11-9(13)12(7)8-2-4-10-5-3-8/h7-8,10H,2-6H2,1H3,(H,11,13). The second-order valence-corrected chi connectivity index (χ2v) is 3.92. The molecule has 4 heteroatoms. The minimum Gasteiger partial charge on any atom is -0.336 e. The van der Waals surface area contributed by atoms with E-state index in [1.165, 1.54) is 0 Å². The molecule has 2 amide bonds. The maximum atomic E-state index is 11.5. The summed E-state index contributed by atoms with van der Waals surface area (Å²) in [6.07, 6.45) is 2.19. The molecule has 2 fully saturated rings. The van der Waals surface area contributed by atoms with Crippen molar-refractivity contribution in [2.45, 2.75) is 31.8 Å². The molecule has 0 radical (unpaired) electrons. The fraction of sp³-hybridized carbons (Fsp3) is 0.889. The van der Waals surface area contributed by atoms with Crippen molar-refractivity contribution >= 4 is 6.03 Å². The second kappa shape index (κ2) is 3.54. The summed E-state index contributed by atoms with van der Waals surface area (Å²) >= 11 is 0. The lowest BCUT2D eigenvalue weighted by molar-refractivity contribution is 0.162. The summed E-state index contributed by atoms with van der Waals surface area (Å²) in [5.74, 6) is 0. The summed E-state index contributed by atoms with van der Waals surface area (Å²) < 4.78 is 0. The van der Waals surface area contributed by atoms with Crippen LogP contribution in [-0.4, -0.2) is 42.6 Å². The van der Waals surface area contributed by atoms with Gasteiger partial charge in [-0.05, 0) is 32.9 Å². The lowest BCUT2D eigenvalue weighted by atomic mass is 10.0. The van der Waals surface area contributed by atoms with Crippen molar-refractivity contribution in [3.63, 3.8) is 0 Å². The van der Waals surface area contributed by atoms with Crippen LogP contribution in [0.4, 0.5) is 4.79 Å². The Kier molecular flexibility index (Phi) is 2.40. The molecule has 2 aliphatic heterocycles. The molecule has 4 nitrogen and oxygen atoms in total. The zero-order valence-electron chi connectivity index (χ0n) is 8.05. The highest BCUT2D eigenvalue weighted by atomic mass is 16.2. The van der Waals surface area contributed by atoms with Crippen LogP contribution >= 0.6 is 0 Å². The van der Waals surface area contributed by atoms with Gasteiger partial charge in [-0.3, -0.25) is 0 Å². The largest absolute Gasteiger partial charge is 0.336 e. The van der Waals surface area contributed by atoms with Gasteiger partial charge in [0.05, 0.1) is 0 Å². The van der Waals surface area contributed by atoms with Crippen molar-refractivity contribution in [1.29, 1.82) is 0 Å². The quantitative estimate of drug-likeness (QED) is 0.608. The molecule has 13 heavy (non-hydrogen) atoms. The number of nitrogens with zero attached hydrogens (tertiary/aromatic N) is 1. The number of hydrogen-bond donors (Lipinski definition) is 2. The Morgan fingerprint density at radius 3 is 2.62 bits per heavy atom. The van der Waals surface area contributed by atoms with Gasteiger partial charge in [-0.25, -0.2) is 4.79 Å². The number of amides is 2. The fourth-order valence-corrected chi connectivity index (χ4v) is 2.24. The number of piperidine rings is 1. The van der Waals surface area contributed by atoms with E-state index in [0.717, 1.165) is 32.5 Å². The first kappa shape index (κ1) is 8.81. The molecular formula is C9H17N3O. The number of nitrogens with one attached hydrogen (secondary N) is 2.